The van der Waals surface area contributed by atoms with Crippen LogP contribution in [0.5, 0.6) is 5.75 Å². The number of benzene rings is 1. The molecule has 2 rings (SSSR count). The SMILES string of the molecule is CN=C(NCCOCc1ccccc1OC)N1CCCC(CC(N)=O)C1. The van der Waals surface area contributed by atoms with Gasteiger partial charge in [-0.15, -0.1) is 0 Å². The number of para-hydroxylation sites is 1. The number of carbonyl (C=O) groups excluding carboxylic acids is 1. The van der Waals surface area contributed by atoms with Gasteiger partial charge in [0.05, 0.1) is 20.3 Å². The van der Waals surface area contributed by atoms with Gasteiger partial charge in [0.2, 0.25) is 5.91 Å². The van der Waals surface area contributed by atoms with Gasteiger partial charge in [-0.25, -0.2) is 0 Å². The summed E-state index contributed by atoms with van der Waals surface area (Å²) in [5.41, 5.74) is 6.36. The fourth-order valence-electron chi connectivity index (χ4n) is 3.28. The van der Waals surface area contributed by atoms with Crippen molar-refractivity contribution in [1.82, 2.24) is 10.2 Å². The fourth-order valence-corrected chi connectivity index (χ4v) is 3.28. The third kappa shape index (κ3) is 6.22. The number of amides is 1. The lowest BCUT2D eigenvalue weighted by Gasteiger charge is -2.34. The van der Waals surface area contributed by atoms with Crippen LogP contribution in [-0.2, 0) is 16.1 Å². The zero-order chi connectivity index (χ0) is 18.8. The van der Waals surface area contributed by atoms with Gasteiger partial charge < -0.3 is 25.4 Å². The molecule has 144 valence electrons. The molecule has 1 aromatic carbocycles. The summed E-state index contributed by atoms with van der Waals surface area (Å²) in [7, 11) is 3.43. The minimum absolute atomic E-state index is 0.232. The maximum atomic E-state index is 11.2. The van der Waals surface area contributed by atoms with E-state index in [0.29, 0.717) is 32.1 Å². The molecule has 1 fully saturated rings. The van der Waals surface area contributed by atoms with E-state index >= 15 is 0 Å². The van der Waals surface area contributed by atoms with Gasteiger partial charge in [0.1, 0.15) is 5.75 Å². The Balaban J connectivity index is 1.72. The first-order chi connectivity index (χ1) is 12.6. The number of nitrogens with one attached hydrogen (secondary N) is 1. The number of guanidine groups is 1. The average Bonchev–Trinajstić information content (AvgIpc) is 2.64. The molecule has 0 saturated carbocycles. The highest BCUT2D eigenvalue weighted by atomic mass is 16.5. The third-order valence-electron chi connectivity index (χ3n) is 4.50. The predicted molar refractivity (Wildman–Crippen MR) is 102 cm³/mol. The maximum Gasteiger partial charge on any atom is 0.217 e. The summed E-state index contributed by atoms with van der Waals surface area (Å²) in [4.78, 5) is 17.7. The van der Waals surface area contributed by atoms with Crippen LogP contribution < -0.4 is 15.8 Å². The van der Waals surface area contributed by atoms with Gasteiger partial charge in [0.25, 0.3) is 0 Å². The molecule has 7 nitrogen and oxygen atoms in total. The zero-order valence-corrected chi connectivity index (χ0v) is 15.7. The minimum atomic E-state index is -0.232. The second-order valence-electron chi connectivity index (χ2n) is 6.46. The van der Waals surface area contributed by atoms with Gasteiger partial charge in [0, 0.05) is 38.7 Å². The highest BCUT2D eigenvalue weighted by Gasteiger charge is 2.23. The van der Waals surface area contributed by atoms with Crippen molar-refractivity contribution < 1.29 is 14.3 Å². The van der Waals surface area contributed by atoms with Crippen molar-refractivity contribution in [2.24, 2.45) is 16.6 Å². The molecule has 1 heterocycles. The molecule has 7 heteroatoms. The van der Waals surface area contributed by atoms with Gasteiger partial charge >= 0.3 is 0 Å². The highest BCUT2D eigenvalue weighted by Crippen LogP contribution is 2.19. The van der Waals surface area contributed by atoms with Crippen molar-refractivity contribution in [1.29, 1.82) is 0 Å². The number of nitrogens with zero attached hydrogens (tertiary/aromatic N) is 2. The van der Waals surface area contributed by atoms with Gasteiger partial charge in [-0.3, -0.25) is 9.79 Å². The normalized spacial score (nSPS) is 17.8. The van der Waals surface area contributed by atoms with Crippen LogP contribution >= 0.6 is 0 Å². The molecule has 1 aliphatic rings. The third-order valence-corrected chi connectivity index (χ3v) is 4.50. The summed E-state index contributed by atoms with van der Waals surface area (Å²) in [5, 5.41) is 3.33. The van der Waals surface area contributed by atoms with Crippen LogP contribution in [-0.4, -0.2) is 57.2 Å². The zero-order valence-electron chi connectivity index (χ0n) is 15.7. The molecule has 0 aromatic heterocycles. The number of likely N-dealkylation sites (tertiary alicyclic amines) is 1. The molecule has 1 unspecified atom stereocenters. The van der Waals surface area contributed by atoms with Crippen LogP contribution in [0.4, 0.5) is 0 Å². The molecule has 1 aromatic rings. The number of rotatable bonds is 8. The molecule has 0 aliphatic carbocycles. The van der Waals surface area contributed by atoms with Crippen molar-refractivity contribution >= 4 is 11.9 Å². The van der Waals surface area contributed by atoms with Gasteiger partial charge in [0.15, 0.2) is 5.96 Å². The van der Waals surface area contributed by atoms with Crippen molar-refractivity contribution in [3.8, 4) is 5.75 Å². The first kappa shape index (κ1) is 20.0. The van der Waals surface area contributed by atoms with Crippen LogP contribution in [0.2, 0.25) is 0 Å². The Hall–Kier alpha value is -2.28. The van der Waals surface area contributed by atoms with E-state index in [0.717, 1.165) is 43.2 Å². The highest BCUT2D eigenvalue weighted by molar-refractivity contribution is 5.80. The quantitative estimate of drug-likeness (QED) is 0.414. The van der Waals surface area contributed by atoms with Crippen LogP contribution in [0, 0.1) is 5.92 Å². The largest absolute Gasteiger partial charge is 0.496 e. The second-order valence-corrected chi connectivity index (χ2v) is 6.46. The van der Waals surface area contributed by atoms with Crippen LogP contribution in [0.25, 0.3) is 0 Å². The van der Waals surface area contributed by atoms with E-state index < -0.39 is 0 Å². The van der Waals surface area contributed by atoms with Gasteiger partial charge in [-0.2, -0.15) is 0 Å². The number of hydrogen-bond donors (Lipinski definition) is 2. The van der Waals surface area contributed by atoms with E-state index in [1.54, 1.807) is 14.2 Å². The number of hydrogen-bond acceptors (Lipinski definition) is 4. The topological polar surface area (TPSA) is 89.2 Å². The number of aliphatic imine (C=N–C) groups is 1. The molecule has 0 radical (unpaired) electrons. The van der Waals surface area contributed by atoms with Crippen molar-refractivity contribution in [3.05, 3.63) is 29.8 Å². The summed E-state index contributed by atoms with van der Waals surface area (Å²) in [6, 6.07) is 7.84. The first-order valence-corrected chi connectivity index (χ1v) is 9.07. The van der Waals surface area contributed by atoms with E-state index in [-0.39, 0.29) is 5.91 Å². The molecule has 0 bridgehead atoms. The van der Waals surface area contributed by atoms with E-state index in [2.05, 4.69) is 15.2 Å². The first-order valence-electron chi connectivity index (χ1n) is 9.07. The smallest absolute Gasteiger partial charge is 0.217 e. The van der Waals surface area contributed by atoms with Crippen molar-refractivity contribution in [2.75, 3.05) is 40.4 Å². The molecule has 1 aliphatic heterocycles. The number of methoxy groups -OCH3 is 1. The predicted octanol–water partition coefficient (Wildman–Crippen LogP) is 1.37. The lowest BCUT2D eigenvalue weighted by atomic mass is 9.95. The molecular formula is C19H30N4O3. The molecule has 1 atom stereocenters. The Morgan fingerprint density at radius 1 is 1.42 bits per heavy atom. The Morgan fingerprint density at radius 3 is 2.96 bits per heavy atom. The van der Waals surface area contributed by atoms with Gasteiger partial charge in [-0.1, -0.05) is 18.2 Å². The Labute approximate surface area is 155 Å². The summed E-state index contributed by atoms with van der Waals surface area (Å²) < 4.78 is 11.1. The van der Waals surface area contributed by atoms with E-state index in [1.807, 2.05) is 24.3 Å². The molecule has 3 N–H and O–H groups in total. The minimum Gasteiger partial charge on any atom is -0.496 e. The second kappa shape index (κ2) is 10.7. The average molecular weight is 362 g/mol. The Morgan fingerprint density at radius 2 is 2.23 bits per heavy atom. The van der Waals surface area contributed by atoms with E-state index in [1.165, 1.54) is 0 Å². The Bertz CT molecular complexity index is 606. The van der Waals surface area contributed by atoms with Crippen LogP contribution in [0.15, 0.2) is 29.3 Å². The van der Waals surface area contributed by atoms with E-state index in [9.17, 15) is 4.79 Å². The standard InChI is InChI=1S/C19H30N4O3/c1-21-19(23-10-5-6-15(13-23)12-18(20)24)22-9-11-26-14-16-7-3-4-8-17(16)25-2/h3-4,7-8,15H,5-6,9-14H2,1-2H3,(H2,20,24)(H,21,22). The van der Waals surface area contributed by atoms with Crippen LogP contribution in [0.1, 0.15) is 24.8 Å². The number of ether oxygens (including phenoxy) is 2. The molecular weight excluding hydrogens is 332 g/mol. The monoisotopic (exact) mass is 362 g/mol. The number of primary amides is 1. The summed E-state index contributed by atoms with van der Waals surface area (Å²) in [6.07, 6.45) is 2.52. The lowest BCUT2D eigenvalue weighted by Crippen LogP contribution is -2.47. The van der Waals surface area contributed by atoms with Gasteiger partial charge in [-0.05, 0) is 24.8 Å². The fraction of sp³-hybridized carbons (Fsp3) is 0.579. The number of nitrogens with two attached hydrogens (primary N) is 1. The molecule has 1 amide bonds. The molecule has 1 saturated heterocycles. The Kier molecular flexibility index (Phi) is 8.21. The maximum absolute atomic E-state index is 11.2. The van der Waals surface area contributed by atoms with E-state index in [4.69, 9.17) is 15.2 Å². The molecule has 26 heavy (non-hydrogen) atoms. The summed E-state index contributed by atoms with van der Waals surface area (Å²) in [6.45, 7) is 3.49. The summed E-state index contributed by atoms with van der Waals surface area (Å²) >= 11 is 0. The number of piperidine rings is 1. The molecule has 0 spiro atoms. The van der Waals surface area contributed by atoms with Crippen LogP contribution in [0.3, 0.4) is 0 Å². The van der Waals surface area contributed by atoms with Crippen molar-refractivity contribution in [3.63, 3.8) is 0 Å². The van der Waals surface area contributed by atoms with Crippen molar-refractivity contribution in [2.45, 2.75) is 25.9 Å². The summed E-state index contributed by atoms with van der Waals surface area (Å²) in [5.74, 6) is 1.76. The lowest BCUT2D eigenvalue weighted by molar-refractivity contribution is -0.119. The number of carbonyl (C=O) groups is 1.